The van der Waals surface area contributed by atoms with Crippen LogP contribution in [0.5, 0.6) is 0 Å². The highest BCUT2D eigenvalue weighted by molar-refractivity contribution is 8.07. The zero-order chi connectivity index (χ0) is 14.7. The summed E-state index contributed by atoms with van der Waals surface area (Å²) < 4.78 is 14.8. The maximum atomic E-state index is 13.3. The molecule has 3 rings (SSSR count). The summed E-state index contributed by atoms with van der Waals surface area (Å²) in [4.78, 5) is 12.3. The number of rotatable bonds is 3. The van der Waals surface area contributed by atoms with E-state index in [4.69, 9.17) is 0 Å². The Labute approximate surface area is 130 Å². The quantitative estimate of drug-likeness (QED) is 0.943. The van der Waals surface area contributed by atoms with E-state index in [0.29, 0.717) is 11.5 Å². The third-order valence-electron chi connectivity index (χ3n) is 3.06. The first-order chi connectivity index (χ1) is 10.2. The minimum atomic E-state index is -0.334. The molecule has 1 fully saturated rings. The van der Waals surface area contributed by atoms with E-state index in [1.807, 2.05) is 0 Å². The average molecular weight is 323 g/mol. The minimum absolute atomic E-state index is 0.0228. The molecule has 1 aliphatic heterocycles. The molecule has 1 aromatic heterocycles. The molecule has 1 amide bonds. The van der Waals surface area contributed by atoms with Crippen molar-refractivity contribution in [2.75, 3.05) is 22.6 Å². The molecule has 4 nitrogen and oxygen atoms in total. The summed E-state index contributed by atoms with van der Waals surface area (Å²) in [6.45, 7) is 0. The van der Waals surface area contributed by atoms with Crippen LogP contribution >= 0.6 is 23.5 Å². The zero-order valence-electron chi connectivity index (χ0n) is 11.2. The van der Waals surface area contributed by atoms with Gasteiger partial charge in [0, 0.05) is 23.3 Å². The SMILES string of the molecule is O=C(Nc1ccnn1-c1cccc(F)c1)[C@@H]1CSCCS1. The van der Waals surface area contributed by atoms with Gasteiger partial charge in [-0.25, -0.2) is 9.07 Å². The van der Waals surface area contributed by atoms with Crippen LogP contribution in [-0.2, 0) is 4.79 Å². The summed E-state index contributed by atoms with van der Waals surface area (Å²) in [6, 6.07) is 7.83. The highest BCUT2D eigenvalue weighted by Crippen LogP contribution is 2.25. The lowest BCUT2D eigenvalue weighted by Crippen LogP contribution is -2.30. The van der Waals surface area contributed by atoms with E-state index in [1.165, 1.54) is 16.8 Å². The molecule has 0 unspecified atom stereocenters. The number of aromatic nitrogens is 2. The Morgan fingerprint density at radius 2 is 2.29 bits per heavy atom. The fourth-order valence-corrected chi connectivity index (χ4v) is 4.61. The van der Waals surface area contributed by atoms with Crippen LogP contribution in [0.2, 0.25) is 0 Å². The van der Waals surface area contributed by atoms with Crippen molar-refractivity contribution in [3.05, 3.63) is 42.3 Å². The number of carbonyl (C=O) groups excluding carboxylic acids is 1. The zero-order valence-corrected chi connectivity index (χ0v) is 12.8. The second-order valence-corrected chi connectivity index (χ2v) is 6.99. The second-order valence-electron chi connectivity index (χ2n) is 4.53. The number of anilines is 1. The number of carbonyl (C=O) groups is 1. The molecule has 1 aromatic carbocycles. The number of hydrogen-bond acceptors (Lipinski definition) is 4. The van der Waals surface area contributed by atoms with Crippen molar-refractivity contribution in [2.45, 2.75) is 5.25 Å². The van der Waals surface area contributed by atoms with E-state index in [2.05, 4.69) is 10.4 Å². The largest absolute Gasteiger partial charge is 0.310 e. The fourth-order valence-electron chi connectivity index (χ4n) is 2.06. The first kappa shape index (κ1) is 14.5. The third kappa shape index (κ3) is 3.41. The van der Waals surface area contributed by atoms with E-state index in [1.54, 1.807) is 47.9 Å². The summed E-state index contributed by atoms with van der Waals surface area (Å²) in [5.41, 5.74) is 0.584. The van der Waals surface area contributed by atoms with E-state index in [9.17, 15) is 9.18 Å². The van der Waals surface area contributed by atoms with Crippen molar-refractivity contribution < 1.29 is 9.18 Å². The van der Waals surface area contributed by atoms with Gasteiger partial charge in [-0.05, 0) is 18.2 Å². The van der Waals surface area contributed by atoms with Crippen LogP contribution < -0.4 is 5.32 Å². The number of halogens is 1. The molecule has 0 radical (unpaired) electrons. The van der Waals surface area contributed by atoms with Crippen molar-refractivity contribution in [1.29, 1.82) is 0 Å². The Hall–Kier alpha value is -1.47. The summed E-state index contributed by atoms with van der Waals surface area (Å²) in [5.74, 6) is 3.11. The van der Waals surface area contributed by atoms with E-state index >= 15 is 0 Å². The molecule has 1 saturated heterocycles. The van der Waals surface area contributed by atoms with Gasteiger partial charge in [0.15, 0.2) is 0 Å². The number of benzene rings is 1. The van der Waals surface area contributed by atoms with Gasteiger partial charge < -0.3 is 5.32 Å². The molecule has 0 aliphatic carbocycles. The normalized spacial score (nSPS) is 18.4. The summed E-state index contributed by atoms with van der Waals surface area (Å²) >= 11 is 3.47. The van der Waals surface area contributed by atoms with Gasteiger partial charge in [0.2, 0.25) is 5.91 Å². The number of hydrogen-bond donors (Lipinski definition) is 1. The van der Waals surface area contributed by atoms with Crippen molar-refractivity contribution in [3.8, 4) is 5.69 Å². The number of thioether (sulfide) groups is 2. The Kier molecular flexibility index (Phi) is 4.50. The van der Waals surface area contributed by atoms with Crippen LogP contribution in [0.25, 0.3) is 5.69 Å². The highest BCUT2D eigenvalue weighted by Gasteiger charge is 2.23. The molecule has 0 spiro atoms. The van der Waals surface area contributed by atoms with E-state index < -0.39 is 0 Å². The van der Waals surface area contributed by atoms with Crippen LogP contribution in [-0.4, -0.2) is 38.2 Å². The van der Waals surface area contributed by atoms with Crippen LogP contribution in [0, 0.1) is 5.82 Å². The Bertz CT molecular complexity index is 641. The van der Waals surface area contributed by atoms with Crippen molar-refractivity contribution in [1.82, 2.24) is 9.78 Å². The Morgan fingerprint density at radius 1 is 1.38 bits per heavy atom. The molecular formula is C14H14FN3OS2. The maximum absolute atomic E-state index is 13.3. The van der Waals surface area contributed by atoms with Gasteiger partial charge in [0.1, 0.15) is 11.6 Å². The molecule has 1 aliphatic rings. The summed E-state index contributed by atoms with van der Waals surface area (Å²) in [6.07, 6.45) is 1.59. The van der Waals surface area contributed by atoms with Crippen molar-refractivity contribution in [2.24, 2.45) is 0 Å². The van der Waals surface area contributed by atoms with Gasteiger partial charge in [0.25, 0.3) is 0 Å². The first-order valence-corrected chi connectivity index (χ1v) is 8.74. The molecule has 110 valence electrons. The van der Waals surface area contributed by atoms with Crippen molar-refractivity contribution >= 4 is 35.2 Å². The molecule has 1 N–H and O–H groups in total. The minimum Gasteiger partial charge on any atom is -0.310 e. The predicted molar refractivity (Wildman–Crippen MR) is 85.7 cm³/mol. The van der Waals surface area contributed by atoms with Gasteiger partial charge in [-0.1, -0.05) is 6.07 Å². The highest BCUT2D eigenvalue weighted by atomic mass is 32.2. The second kappa shape index (κ2) is 6.53. The maximum Gasteiger partial charge on any atom is 0.239 e. The number of nitrogens with one attached hydrogen (secondary N) is 1. The van der Waals surface area contributed by atoms with E-state index in [-0.39, 0.29) is 17.0 Å². The molecule has 2 aromatic rings. The molecular weight excluding hydrogens is 309 g/mol. The molecule has 1 atom stereocenters. The van der Waals surface area contributed by atoms with Crippen LogP contribution in [0.15, 0.2) is 36.5 Å². The van der Waals surface area contributed by atoms with Crippen LogP contribution in [0.1, 0.15) is 0 Å². The number of amides is 1. The average Bonchev–Trinajstić information content (AvgIpc) is 2.96. The smallest absolute Gasteiger partial charge is 0.239 e. The molecule has 7 heteroatoms. The van der Waals surface area contributed by atoms with Gasteiger partial charge in [-0.15, -0.1) is 11.8 Å². The topological polar surface area (TPSA) is 46.9 Å². The van der Waals surface area contributed by atoms with Crippen LogP contribution in [0.4, 0.5) is 10.2 Å². The monoisotopic (exact) mass is 323 g/mol. The molecule has 0 bridgehead atoms. The van der Waals surface area contributed by atoms with Gasteiger partial charge in [-0.3, -0.25) is 4.79 Å². The van der Waals surface area contributed by atoms with Gasteiger partial charge in [0.05, 0.1) is 17.1 Å². The van der Waals surface area contributed by atoms with E-state index in [0.717, 1.165) is 17.3 Å². The fraction of sp³-hybridized carbons (Fsp3) is 0.286. The first-order valence-electron chi connectivity index (χ1n) is 6.54. The lowest BCUT2D eigenvalue weighted by atomic mass is 10.3. The summed E-state index contributed by atoms with van der Waals surface area (Å²) in [7, 11) is 0. The Morgan fingerprint density at radius 3 is 3.05 bits per heavy atom. The summed E-state index contributed by atoms with van der Waals surface area (Å²) in [5, 5.41) is 6.99. The Balaban J connectivity index is 1.78. The lowest BCUT2D eigenvalue weighted by Gasteiger charge is -2.20. The molecule has 2 heterocycles. The third-order valence-corrected chi connectivity index (χ3v) is 5.81. The molecule has 0 saturated carbocycles. The van der Waals surface area contributed by atoms with Crippen LogP contribution in [0.3, 0.4) is 0 Å². The van der Waals surface area contributed by atoms with Crippen molar-refractivity contribution in [3.63, 3.8) is 0 Å². The lowest BCUT2D eigenvalue weighted by molar-refractivity contribution is -0.115. The number of nitrogens with zero attached hydrogens (tertiary/aromatic N) is 2. The predicted octanol–water partition coefficient (Wildman–Crippen LogP) is 2.80. The molecule has 21 heavy (non-hydrogen) atoms. The standard InChI is InChI=1S/C14H14FN3OS2/c15-10-2-1-3-11(8-10)18-13(4-5-16-18)17-14(19)12-9-20-6-7-21-12/h1-5,8,12H,6-7,9H2,(H,17,19)/t12-/m0/s1. The van der Waals surface area contributed by atoms with Gasteiger partial charge >= 0.3 is 0 Å². The van der Waals surface area contributed by atoms with Gasteiger partial charge in [-0.2, -0.15) is 16.9 Å².